The van der Waals surface area contributed by atoms with Crippen molar-refractivity contribution in [3.05, 3.63) is 29.8 Å². The number of hydrogen-bond donors (Lipinski definition) is 2. The van der Waals surface area contributed by atoms with E-state index in [1.54, 1.807) is 6.92 Å². The number of ether oxygens (including phenoxy) is 1. The van der Waals surface area contributed by atoms with E-state index in [0.717, 1.165) is 0 Å². The molecular formula is C13H15F2NO4. The fourth-order valence-electron chi connectivity index (χ4n) is 1.53. The zero-order chi connectivity index (χ0) is 15.1. The maximum absolute atomic E-state index is 11.9. The number of amides is 1. The Bertz CT molecular complexity index is 462. The van der Waals surface area contributed by atoms with Gasteiger partial charge in [-0.05, 0) is 30.2 Å². The van der Waals surface area contributed by atoms with Crippen molar-refractivity contribution >= 4 is 11.9 Å². The van der Waals surface area contributed by atoms with Gasteiger partial charge in [0.05, 0.1) is 0 Å². The number of carboxylic acid groups (broad SMARTS) is 1. The number of carbonyl (C=O) groups excluding carboxylic acids is 1. The lowest BCUT2D eigenvalue weighted by Crippen LogP contribution is -2.29. The summed E-state index contributed by atoms with van der Waals surface area (Å²) in [4.78, 5) is 22.2. The minimum Gasteiger partial charge on any atom is -0.481 e. The van der Waals surface area contributed by atoms with Crippen LogP contribution in [0.1, 0.15) is 23.7 Å². The largest absolute Gasteiger partial charge is 0.481 e. The van der Waals surface area contributed by atoms with E-state index in [2.05, 4.69) is 10.1 Å². The van der Waals surface area contributed by atoms with Crippen LogP contribution in [0.4, 0.5) is 8.78 Å². The number of alkyl halides is 2. The van der Waals surface area contributed by atoms with Crippen LogP contribution in [0.15, 0.2) is 24.3 Å². The third kappa shape index (κ3) is 5.64. The van der Waals surface area contributed by atoms with Crippen LogP contribution < -0.4 is 10.1 Å². The van der Waals surface area contributed by atoms with E-state index in [9.17, 15) is 18.4 Å². The first-order valence-electron chi connectivity index (χ1n) is 5.93. The molecule has 0 saturated heterocycles. The van der Waals surface area contributed by atoms with Gasteiger partial charge in [-0.2, -0.15) is 8.78 Å². The van der Waals surface area contributed by atoms with Crippen molar-refractivity contribution in [2.75, 3.05) is 6.54 Å². The second-order valence-corrected chi connectivity index (χ2v) is 4.32. The second-order valence-electron chi connectivity index (χ2n) is 4.32. The van der Waals surface area contributed by atoms with Gasteiger partial charge in [-0.25, -0.2) is 0 Å². The van der Waals surface area contributed by atoms with Gasteiger partial charge in [-0.3, -0.25) is 9.59 Å². The third-order valence-electron chi connectivity index (χ3n) is 2.48. The molecule has 0 bridgehead atoms. The van der Waals surface area contributed by atoms with Gasteiger partial charge in [-0.1, -0.05) is 6.92 Å². The van der Waals surface area contributed by atoms with E-state index < -0.39 is 18.5 Å². The number of hydrogen-bond acceptors (Lipinski definition) is 3. The van der Waals surface area contributed by atoms with E-state index in [0.29, 0.717) is 0 Å². The standard InChI is InChI=1S/C13H15F2NO4/c1-8(6-11(17)18)7-16-12(19)9-2-4-10(5-3-9)20-13(14)15/h2-5,8,13H,6-7H2,1H3,(H,16,19)(H,17,18). The van der Waals surface area contributed by atoms with Gasteiger partial charge in [0.2, 0.25) is 0 Å². The molecule has 0 aliphatic heterocycles. The van der Waals surface area contributed by atoms with E-state index in [1.807, 2.05) is 0 Å². The molecule has 7 heteroatoms. The molecule has 1 unspecified atom stereocenters. The molecule has 0 aromatic heterocycles. The SMILES string of the molecule is CC(CNC(=O)c1ccc(OC(F)F)cc1)CC(=O)O. The zero-order valence-corrected chi connectivity index (χ0v) is 10.8. The molecule has 0 fully saturated rings. The summed E-state index contributed by atoms with van der Waals surface area (Å²) in [5.74, 6) is -1.56. The molecule has 1 aromatic rings. The Balaban J connectivity index is 2.49. The first-order chi connectivity index (χ1) is 9.38. The van der Waals surface area contributed by atoms with Gasteiger partial charge < -0.3 is 15.2 Å². The van der Waals surface area contributed by atoms with E-state index >= 15 is 0 Å². The van der Waals surface area contributed by atoms with Crippen molar-refractivity contribution in [1.82, 2.24) is 5.32 Å². The molecular weight excluding hydrogens is 272 g/mol. The Hall–Kier alpha value is -2.18. The summed E-state index contributed by atoms with van der Waals surface area (Å²) in [6, 6.07) is 5.24. The Morgan fingerprint density at radius 2 is 1.90 bits per heavy atom. The Kier molecular flexibility index (Phi) is 5.89. The molecule has 20 heavy (non-hydrogen) atoms. The molecule has 0 aliphatic rings. The van der Waals surface area contributed by atoms with Gasteiger partial charge in [-0.15, -0.1) is 0 Å². The number of aliphatic carboxylic acids is 1. The highest BCUT2D eigenvalue weighted by atomic mass is 19.3. The first kappa shape index (κ1) is 15.9. The minimum absolute atomic E-state index is 0.0317. The maximum atomic E-state index is 11.9. The smallest absolute Gasteiger partial charge is 0.387 e. The fourth-order valence-corrected chi connectivity index (χ4v) is 1.53. The van der Waals surface area contributed by atoms with Gasteiger partial charge in [0.15, 0.2) is 0 Å². The van der Waals surface area contributed by atoms with Crippen LogP contribution in [0.2, 0.25) is 0 Å². The summed E-state index contributed by atoms with van der Waals surface area (Å²) < 4.78 is 28.0. The molecule has 2 N–H and O–H groups in total. The highest BCUT2D eigenvalue weighted by Gasteiger charge is 2.11. The third-order valence-corrected chi connectivity index (χ3v) is 2.48. The quantitative estimate of drug-likeness (QED) is 0.805. The molecule has 0 radical (unpaired) electrons. The number of benzene rings is 1. The summed E-state index contributed by atoms with van der Waals surface area (Å²) in [6.07, 6.45) is -0.0402. The molecule has 0 aliphatic carbocycles. The molecule has 5 nitrogen and oxygen atoms in total. The predicted molar refractivity (Wildman–Crippen MR) is 66.8 cm³/mol. The molecule has 1 amide bonds. The number of rotatable bonds is 7. The van der Waals surface area contributed by atoms with Crippen LogP contribution in [0, 0.1) is 5.92 Å². The average molecular weight is 287 g/mol. The zero-order valence-electron chi connectivity index (χ0n) is 10.8. The predicted octanol–water partition coefficient (Wildman–Crippen LogP) is 2.13. The summed E-state index contributed by atoms with van der Waals surface area (Å²) >= 11 is 0. The Morgan fingerprint density at radius 3 is 2.40 bits per heavy atom. The van der Waals surface area contributed by atoms with Crippen molar-refractivity contribution in [2.45, 2.75) is 20.0 Å². The summed E-state index contributed by atoms with van der Waals surface area (Å²) in [5.41, 5.74) is 0.286. The van der Waals surface area contributed by atoms with Crippen LogP contribution in [-0.2, 0) is 4.79 Å². The van der Waals surface area contributed by atoms with E-state index in [4.69, 9.17) is 5.11 Å². The van der Waals surface area contributed by atoms with Crippen LogP contribution >= 0.6 is 0 Å². The second kappa shape index (κ2) is 7.42. The molecule has 0 saturated carbocycles. The fraction of sp³-hybridized carbons (Fsp3) is 0.385. The maximum Gasteiger partial charge on any atom is 0.387 e. The Labute approximate surface area is 114 Å². The molecule has 0 heterocycles. The van der Waals surface area contributed by atoms with Gasteiger partial charge in [0, 0.05) is 18.5 Å². The van der Waals surface area contributed by atoms with Crippen molar-refractivity contribution in [2.24, 2.45) is 5.92 Å². The average Bonchev–Trinajstić information content (AvgIpc) is 2.35. The van der Waals surface area contributed by atoms with Crippen LogP contribution in [0.25, 0.3) is 0 Å². The topological polar surface area (TPSA) is 75.6 Å². The monoisotopic (exact) mass is 287 g/mol. The molecule has 0 spiro atoms. The normalized spacial score (nSPS) is 12.0. The molecule has 1 aromatic carbocycles. The number of halogens is 2. The summed E-state index contributed by atoms with van der Waals surface area (Å²) in [7, 11) is 0. The molecule has 110 valence electrons. The summed E-state index contributed by atoms with van der Waals surface area (Å²) in [5, 5.41) is 11.2. The molecule has 1 atom stereocenters. The van der Waals surface area contributed by atoms with Gasteiger partial charge in [0.25, 0.3) is 5.91 Å². The first-order valence-corrected chi connectivity index (χ1v) is 5.93. The highest BCUT2D eigenvalue weighted by Crippen LogP contribution is 2.14. The highest BCUT2D eigenvalue weighted by molar-refractivity contribution is 5.94. The van der Waals surface area contributed by atoms with Crippen molar-refractivity contribution < 1.29 is 28.2 Å². The van der Waals surface area contributed by atoms with Gasteiger partial charge >= 0.3 is 12.6 Å². The number of nitrogens with one attached hydrogen (secondary N) is 1. The lowest BCUT2D eigenvalue weighted by atomic mass is 10.1. The minimum atomic E-state index is -2.91. The Morgan fingerprint density at radius 1 is 1.30 bits per heavy atom. The van der Waals surface area contributed by atoms with Crippen molar-refractivity contribution in [3.63, 3.8) is 0 Å². The molecule has 1 rings (SSSR count). The van der Waals surface area contributed by atoms with Gasteiger partial charge in [0.1, 0.15) is 5.75 Å². The lowest BCUT2D eigenvalue weighted by molar-refractivity contribution is -0.137. The van der Waals surface area contributed by atoms with Crippen LogP contribution in [-0.4, -0.2) is 30.1 Å². The number of carbonyl (C=O) groups is 2. The number of carboxylic acids is 1. The van der Waals surface area contributed by atoms with Crippen molar-refractivity contribution in [1.29, 1.82) is 0 Å². The summed E-state index contributed by atoms with van der Waals surface area (Å²) in [6.45, 7) is -0.986. The lowest BCUT2D eigenvalue weighted by Gasteiger charge is -2.10. The van der Waals surface area contributed by atoms with E-state index in [1.165, 1.54) is 24.3 Å². The van der Waals surface area contributed by atoms with E-state index in [-0.39, 0.29) is 30.2 Å². The van der Waals surface area contributed by atoms with Crippen LogP contribution in [0.3, 0.4) is 0 Å². The van der Waals surface area contributed by atoms with Crippen molar-refractivity contribution in [3.8, 4) is 5.75 Å². The van der Waals surface area contributed by atoms with Crippen LogP contribution in [0.5, 0.6) is 5.75 Å².